The van der Waals surface area contributed by atoms with Gasteiger partial charge in [-0.25, -0.2) is 0 Å². The molecule has 0 unspecified atom stereocenters. The Hall–Kier alpha value is -0.340. The largest absolute Gasteiger partial charge is 0.381 e. The molecule has 0 aromatic rings. The molecule has 2 fully saturated rings. The van der Waals surface area contributed by atoms with Gasteiger partial charge in [0.15, 0.2) is 0 Å². The summed E-state index contributed by atoms with van der Waals surface area (Å²) in [4.78, 5) is 0. The molecule has 2 saturated heterocycles. The highest BCUT2D eigenvalue weighted by Crippen LogP contribution is 2.45. The van der Waals surface area contributed by atoms with Gasteiger partial charge < -0.3 is 9.47 Å². The molecule has 2 heteroatoms. The number of fused-ring (bicyclic) bond motifs is 2. The van der Waals surface area contributed by atoms with Crippen molar-refractivity contribution in [3.05, 3.63) is 12.2 Å². The highest BCUT2D eigenvalue weighted by atomic mass is 16.5. The zero-order chi connectivity index (χ0) is 17.4. The minimum atomic E-state index is 0.439. The van der Waals surface area contributed by atoms with E-state index in [1.807, 2.05) is 0 Å². The van der Waals surface area contributed by atoms with Gasteiger partial charge in [-0.2, -0.15) is 0 Å². The molecule has 0 spiro atoms. The summed E-state index contributed by atoms with van der Waals surface area (Å²) >= 11 is 0. The smallest absolute Gasteiger partial charge is 0.0633 e. The molecular formula is C22H40O2. The van der Waals surface area contributed by atoms with Crippen LogP contribution in [-0.4, -0.2) is 25.4 Å². The van der Waals surface area contributed by atoms with Crippen molar-refractivity contribution >= 4 is 0 Å². The van der Waals surface area contributed by atoms with E-state index in [1.165, 1.54) is 57.8 Å². The van der Waals surface area contributed by atoms with Gasteiger partial charge in [0, 0.05) is 12.5 Å². The lowest BCUT2D eigenvalue weighted by Gasteiger charge is -2.27. The number of unbranched alkanes of at least 4 members (excludes halogenated alkanes) is 3. The van der Waals surface area contributed by atoms with Gasteiger partial charge in [0.05, 0.1) is 18.8 Å². The van der Waals surface area contributed by atoms with Crippen LogP contribution in [0.15, 0.2) is 12.2 Å². The van der Waals surface area contributed by atoms with Gasteiger partial charge in [-0.1, -0.05) is 59.1 Å². The van der Waals surface area contributed by atoms with Crippen molar-refractivity contribution in [1.82, 2.24) is 0 Å². The fraction of sp³-hybridized carbons (Fsp3) is 0.909. The van der Waals surface area contributed by atoms with E-state index >= 15 is 0 Å². The SMILES string of the molecule is CCCCCCOC[C@H]1[C@@H](CC=CCCC(C)(C)C)[C@H]2CC[C@@H]1O2. The molecule has 0 aliphatic carbocycles. The fourth-order valence-electron chi connectivity index (χ4n) is 4.17. The van der Waals surface area contributed by atoms with E-state index in [4.69, 9.17) is 9.47 Å². The minimum Gasteiger partial charge on any atom is -0.381 e. The highest BCUT2D eigenvalue weighted by Gasteiger charge is 2.48. The second-order valence-corrected chi connectivity index (χ2v) is 9.06. The van der Waals surface area contributed by atoms with E-state index in [1.54, 1.807) is 0 Å². The molecular weight excluding hydrogens is 296 g/mol. The number of ether oxygens (including phenoxy) is 2. The Bertz CT molecular complexity index is 369. The molecule has 2 bridgehead atoms. The summed E-state index contributed by atoms with van der Waals surface area (Å²) in [6, 6.07) is 0. The Morgan fingerprint density at radius 2 is 1.75 bits per heavy atom. The van der Waals surface area contributed by atoms with Crippen LogP contribution in [0.4, 0.5) is 0 Å². The second-order valence-electron chi connectivity index (χ2n) is 9.06. The van der Waals surface area contributed by atoms with Crippen molar-refractivity contribution in [3.8, 4) is 0 Å². The molecule has 2 rings (SSSR count). The second kappa shape index (κ2) is 9.97. The van der Waals surface area contributed by atoms with E-state index in [0.29, 0.717) is 29.5 Å². The van der Waals surface area contributed by atoms with Crippen molar-refractivity contribution in [2.24, 2.45) is 17.3 Å². The first-order valence-corrected chi connectivity index (χ1v) is 10.4. The monoisotopic (exact) mass is 336 g/mol. The summed E-state index contributed by atoms with van der Waals surface area (Å²) in [7, 11) is 0. The molecule has 0 N–H and O–H groups in total. The molecule has 24 heavy (non-hydrogen) atoms. The minimum absolute atomic E-state index is 0.439. The zero-order valence-electron chi connectivity index (χ0n) is 16.6. The standard InChI is InChI=1S/C22H40O2/c1-5-6-7-11-16-23-17-19-18(20-13-14-21(19)24-20)12-9-8-10-15-22(2,3)4/h8-9,18-21H,5-7,10-17H2,1-4H3/t18-,19+,20-,21+/m1/s1. The number of allylic oxidation sites excluding steroid dienone is 2. The fourth-order valence-corrected chi connectivity index (χ4v) is 4.17. The molecule has 2 nitrogen and oxygen atoms in total. The maximum Gasteiger partial charge on any atom is 0.0633 e. The molecule has 2 aliphatic heterocycles. The Balaban J connectivity index is 1.68. The molecule has 0 aromatic carbocycles. The highest BCUT2D eigenvalue weighted by molar-refractivity contribution is 4.99. The molecule has 140 valence electrons. The number of rotatable bonds is 11. The normalized spacial score (nSPS) is 29.8. The van der Waals surface area contributed by atoms with Gasteiger partial charge in [-0.3, -0.25) is 0 Å². The van der Waals surface area contributed by atoms with E-state index in [0.717, 1.165) is 13.2 Å². The Kier molecular flexibility index (Phi) is 8.30. The lowest BCUT2D eigenvalue weighted by atomic mass is 9.78. The molecule has 2 aliphatic rings. The predicted molar refractivity (Wildman–Crippen MR) is 102 cm³/mol. The van der Waals surface area contributed by atoms with Crippen LogP contribution in [-0.2, 0) is 9.47 Å². The lowest BCUT2D eigenvalue weighted by Crippen LogP contribution is -2.30. The van der Waals surface area contributed by atoms with E-state index in [2.05, 4.69) is 39.8 Å². The number of hydrogen-bond acceptors (Lipinski definition) is 2. The molecule has 0 saturated carbocycles. The topological polar surface area (TPSA) is 18.5 Å². The zero-order valence-corrected chi connectivity index (χ0v) is 16.6. The predicted octanol–water partition coefficient (Wildman–Crippen LogP) is 6.15. The quantitative estimate of drug-likeness (QED) is 0.333. The van der Waals surface area contributed by atoms with Crippen molar-refractivity contribution in [2.75, 3.05) is 13.2 Å². The summed E-state index contributed by atoms with van der Waals surface area (Å²) in [5, 5.41) is 0. The maximum atomic E-state index is 6.19. The van der Waals surface area contributed by atoms with Crippen molar-refractivity contribution < 1.29 is 9.47 Å². The lowest BCUT2D eigenvalue weighted by molar-refractivity contribution is 0.0478. The molecule has 0 amide bonds. The Morgan fingerprint density at radius 1 is 1.00 bits per heavy atom. The Morgan fingerprint density at radius 3 is 2.46 bits per heavy atom. The van der Waals surface area contributed by atoms with Crippen molar-refractivity contribution in [2.45, 2.75) is 97.7 Å². The van der Waals surface area contributed by atoms with Crippen LogP contribution in [0.2, 0.25) is 0 Å². The Labute approximate surface area is 150 Å². The van der Waals surface area contributed by atoms with Crippen LogP contribution >= 0.6 is 0 Å². The van der Waals surface area contributed by atoms with E-state index in [9.17, 15) is 0 Å². The average molecular weight is 337 g/mol. The summed E-state index contributed by atoms with van der Waals surface area (Å²) < 4.78 is 12.2. The van der Waals surface area contributed by atoms with Gasteiger partial charge in [0.1, 0.15) is 0 Å². The van der Waals surface area contributed by atoms with Crippen LogP contribution in [0.1, 0.15) is 85.5 Å². The molecule has 4 atom stereocenters. The van der Waals surface area contributed by atoms with Gasteiger partial charge in [0.2, 0.25) is 0 Å². The van der Waals surface area contributed by atoms with Crippen LogP contribution in [0.5, 0.6) is 0 Å². The van der Waals surface area contributed by atoms with Gasteiger partial charge in [0.25, 0.3) is 0 Å². The third-order valence-corrected chi connectivity index (χ3v) is 5.68. The van der Waals surface area contributed by atoms with E-state index in [-0.39, 0.29) is 0 Å². The van der Waals surface area contributed by atoms with Crippen molar-refractivity contribution in [3.63, 3.8) is 0 Å². The van der Waals surface area contributed by atoms with Crippen molar-refractivity contribution in [1.29, 1.82) is 0 Å². The van der Waals surface area contributed by atoms with E-state index < -0.39 is 0 Å². The van der Waals surface area contributed by atoms with Gasteiger partial charge in [-0.05, 0) is 49.9 Å². The van der Waals surface area contributed by atoms with Gasteiger partial charge >= 0.3 is 0 Å². The van der Waals surface area contributed by atoms with Crippen LogP contribution in [0, 0.1) is 17.3 Å². The van der Waals surface area contributed by atoms with Crippen LogP contribution in [0.25, 0.3) is 0 Å². The number of hydrogen-bond donors (Lipinski definition) is 0. The molecule has 0 radical (unpaired) electrons. The van der Waals surface area contributed by atoms with Gasteiger partial charge in [-0.15, -0.1) is 0 Å². The summed E-state index contributed by atoms with van der Waals surface area (Å²) in [5.74, 6) is 1.31. The molecule has 2 heterocycles. The first-order chi connectivity index (χ1) is 11.5. The van der Waals surface area contributed by atoms with Crippen LogP contribution in [0.3, 0.4) is 0 Å². The summed E-state index contributed by atoms with van der Waals surface area (Å²) in [5.41, 5.74) is 0.439. The first kappa shape index (κ1) is 20.0. The average Bonchev–Trinajstić information content (AvgIpc) is 3.11. The third kappa shape index (κ3) is 6.52. The summed E-state index contributed by atoms with van der Waals surface area (Å²) in [6.45, 7) is 11.1. The van der Waals surface area contributed by atoms with Crippen LogP contribution < -0.4 is 0 Å². The first-order valence-electron chi connectivity index (χ1n) is 10.4. The molecule has 0 aromatic heterocycles. The third-order valence-electron chi connectivity index (χ3n) is 5.68. The maximum absolute atomic E-state index is 6.19. The summed E-state index contributed by atoms with van der Waals surface area (Å²) in [6.07, 6.45) is 17.1.